The van der Waals surface area contributed by atoms with Gasteiger partial charge in [0.2, 0.25) is 5.95 Å². The molecule has 1 aromatic heterocycles. The minimum atomic E-state index is 0.220. The molecule has 5 N–H and O–H groups in total. The molecule has 1 aliphatic heterocycles. The highest BCUT2D eigenvalue weighted by Gasteiger charge is 2.15. The molecule has 0 bridgehead atoms. The maximum Gasteiger partial charge on any atom is 0.222 e. The molecule has 0 atom stereocenters. The van der Waals surface area contributed by atoms with Crippen molar-refractivity contribution in [1.82, 2.24) is 15.3 Å². The normalized spacial score (nSPS) is 16.1. The van der Waals surface area contributed by atoms with Gasteiger partial charge in [-0.25, -0.2) is 4.98 Å². The van der Waals surface area contributed by atoms with Gasteiger partial charge in [-0.15, -0.1) is 0 Å². The Kier molecular flexibility index (Phi) is 2.64. The van der Waals surface area contributed by atoms with E-state index in [4.69, 9.17) is 11.5 Å². The Balaban J connectivity index is 2.16. The van der Waals surface area contributed by atoms with Crippen LogP contribution in [-0.4, -0.2) is 36.1 Å². The van der Waals surface area contributed by atoms with Gasteiger partial charge in [-0.05, 0) is 12.1 Å². The highest BCUT2D eigenvalue weighted by molar-refractivity contribution is 5.99. The fourth-order valence-electron chi connectivity index (χ4n) is 2.38. The Bertz CT molecular complexity index is 576. The van der Waals surface area contributed by atoms with Crippen LogP contribution in [0.3, 0.4) is 0 Å². The van der Waals surface area contributed by atoms with Crippen LogP contribution in [0.1, 0.15) is 0 Å². The minimum Gasteiger partial charge on any atom is -0.383 e. The van der Waals surface area contributed by atoms with E-state index < -0.39 is 0 Å². The Morgan fingerprint density at radius 2 is 1.89 bits per heavy atom. The van der Waals surface area contributed by atoms with Gasteiger partial charge in [0, 0.05) is 31.9 Å². The maximum atomic E-state index is 5.99. The third-order valence-corrected chi connectivity index (χ3v) is 3.20. The van der Waals surface area contributed by atoms with Crippen molar-refractivity contribution in [2.24, 2.45) is 0 Å². The van der Waals surface area contributed by atoms with E-state index in [-0.39, 0.29) is 5.95 Å². The maximum absolute atomic E-state index is 5.99. The lowest BCUT2D eigenvalue weighted by molar-refractivity contribution is 0.590. The van der Waals surface area contributed by atoms with Crippen molar-refractivity contribution in [3.8, 4) is 0 Å². The van der Waals surface area contributed by atoms with Gasteiger partial charge in [0.25, 0.3) is 0 Å². The summed E-state index contributed by atoms with van der Waals surface area (Å²) in [5.74, 6) is 0.670. The molecule has 3 rings (SSSR count). The summed E-state index contributed by atoms with van der Waals surface area (Å²) >= 11 is 0. The van der Waals surface area contributed by atoms with Crippen LogP contribution in [0.4, 0.5) is 17.5 Å². The lowest BCUT2D eigenvalue weighted by Crippen LogP contribution is -2.43. The molecule has 2 aromatic rings. The predicted octanol–water partition coefficient (Wildman–Crippen LogP) is 0.204. The number of hydrogen-bond acceptors (Lipinski definition) is 6. The molecule has 0 spiro atoms. The third kappa shape index (κ3) is 1.80. The Morgan fingerprint density at radius 1 is 1.11 bits per heavy atom. The summed E-state index contributed by atoms with van der Waals surface area (Å²) in [6.07, 6.45) is 0. The second-order valence-corrected chi connectivity index (χ2v) is 4.38. The average molecular weight is 244 g/mol. The van der Waals surface area contributed by atoms with Crippen molar-refractivity contribution in [3.05, 3.63) is 18.2 Å². The first-order valence-electron chi connectivity index (χ1n) is 6.03. The number of nitrogens with two attached hydrogens (primary N) is 2. The number of nitrogens with zero attached hydrogens (tertiary/aromatic N) is 3. The fourth-order valence-corrected chi connectivity index (χ4v) is 2.38. The summed E-state index contributed by atoms with van der Waals surface area (Å²) < 4.78 is 0. The quantitative estimate of drug-likeness (QED) is 0.663. The van der Waals surface area contributed by atoms with Crippen molar-refractivity contribution in [3.63, 3.8) is 0 Å². The predicted molar refractivity (Wildman–Crippen MR) is 73.4 cm³/mol. The SMILES string of the molecule is Nc1nc(N)c2c(N3CCNCC3)cccc2n1. The molecule has 18 heavy (non-hydrogen) atoms. The molecule has 0 amide bonds. The first kappa shape index (κ1) is 11.0. The first-order valence-corrected chi connectivity index (χ1v) is 6.03. The smallest absolute Gasteiger partial charge is 0.222 e. The van der Waals surface area contributed by atoms with Crippen LogP contribution >= 0.6 is 0 Å². The van der Waals surface area contributed by atoms with Crippen molar-refractivity contribution < 1.29 is 0 Å². The summed E-state index contributed by atoms with van der Waals surface area (Å²) in [6, 6.07) is 5.95. The van der Waals surface area contributed by atoms with Crippen molar-refractivity contribution in [2.75, 3.05) is 42.5 Å². The van der Waals surface area contributed by atoms with E-state index in [1.165, 1.54) is 0 Å². The number of nitrogens with one attached hydrogen (secondary N) is 1. The highest BCUT2D eigenvalue weighted by atomic mass is 15.2. The van der Waals surface area contributed by atoms with Gasteiger partial charge < -0.3 is 21.7 Å². The number of nitrogen functional groups attached to an aromatic ring is 2. The minimum absolute atomic E-state index is 0.220. The Hall–Kier alpha value is -2.08. The molecule has 1 fully saturated rings. The first-order chi connectivity index (χ1) is 8.75. The second kappa shape index (κ2) is 4.30. The number of rotatable bonds is 1. The summed E-state index contributed by atoms with van der Waals surface area (Å²) in [5, 5.41) is 4.23. The molecule has 94 valence electrons. The fraction of sp³-hybridized carbons (Fsp3) is 0.333. The van der Waals surface area contributed by atoms with Gasteiger partial charge in [0.1, 0.15) is 5.82 Å². The molecular formula is C12H16N6. The summed E-state index contributed by atoms with van der Waals surface area (Å²) in [6.45, 7) is 3.88. The van der Waals surface area contributed by atoms with E-state index >= 15 is 0 Å². The summed E-state index contributed by atoms with van der Waals surface area (Å²) in [4.78, 5) is 10.6. The molecule has 6 nitrogen and oxygen atoms in total. The molecule has 0 unspecified atom stereocenters. The summed E-state index contributed by atoms with van der Waals surface area (Å²) in [7, 11) is 0. The zero-order valence-corrected chi connectivity index (χ0v) is 10.1. The molecule has 1 saturated heterocycles. The van der Waals surface area contributed by atoms with Crippen LogP contribution in [0.15, 0.2) is 18.2 Å². The van der Waals surface area contributed by atoms with E-state index in [9.17, 15) is 0 Å². The molecular weight excluding hydrogens is 228 g/mol. The second-order valence-electron chi connectivity index (χ2n) is 4.38. The van der Waals surface area contributed by atoms with Crippen LogP contribution in [0.2, 0.25) is 0 Å². The van der Waals surface area contributed by atoms with E-state index in [1.54, 1.807) is 0 Å². The van der Waals surface area contributed by atoms with Crippen LogP contribution in [-0.2, 0) is 0 Å². The van der Waals surface area contributed by atoms with Gasteiger partial charge in [-0.1, -0.05) is 6.07 Å². The number of benzene rings is 1. The van der Waals surface area contributed by atoms with E-state index in [0.717, 1.165) is 42.8 Å². The van der Waals surface area contributed by atoms with Crippen molar-refractivity contribution in [1.29, 1.82) is 0 Å². The lowest BCUT2D eigenvalue weighted by atomic mass is 10.1. The largest absolute Gasteiger partial charge is 0.383 e. The van der Waals surface area contributed by atoms with Gasteiger partial charge >= 0.3 is 0 Å². The van der Waals surface area contributed by atoms with Crippen molar-refractivity contribution >= 4 is 28.4 Å². The van der Waals surface area contributed by atoms with Crippen molar-refractivity contribution in [2.45, 2.75) is 0 Å². The van der Waals surface area contributed by atoms with Crippen LogP contribution in [0.25, 0.3) is 10.9 Å². The number of hydrogen-bond donors (Lipinski definition) is 3. The molecule has 0 aliphatic carbocycles. The number of aromatic nitrogens is 2. The molecule has 1 aromatic carbocycles. The van der Waals surface area contributed by atoms with E-state index in [1.807, 2.05) is 12.1 Å². The Labute approximate surface area is 105 Å². The molecule has 0 saturated carbocycles. The van der Waals surface area contributed by atoms with E-state index in [0.29, 0.717) is 5.82 Å². The van der Waals surface area contributed by atoms with E-state index in [2.05, 4.69) is 26.3 Å². The molecule has 1 aliphatic rings. The monoisotopic (exact) mass is 244 g/mol. The number of anilines is 3. The topological polar surface area (TPSA) is 93.1 Å². The highest BCUT2D eigenvalue weighted by Crippen LogP contribution is 2.30. The van der Waals surface area contributed by atoms with Gasteiger partial charge in [0.05, 0.1) is 10.9 Å². The molecule has 2 heterocycles. The number of piperazine rings is 1. The zero-order valence-electron chi connectivity index (χ0n) is 10.1. The van der Waals surface area contributed by atoms with Crippen LogP contribution in [0.5, 0.6) is 0 Å². The third-order valence-electron chi connectivity index (χ3n) is 3.20. The van der Waals surface area contributed by atoms with Gasteiger partial charge in [-0.2, -0.15) is 4.98 Å². The lowest BCUT2D eigenvalue weighted by Gasteiger charge is -2.30. The zero-order chi connectivity index (χ0) is 12.5. The standard InChI is InChI=1S/C12H16N6/c13-11-10-8(16-12(14)17-11)2-1-3-9(10)18-6-4-15-5-7-18/h1-3,15H,4-7H2,(H4,13,14,16,17). The van der Waals surface area contributed by atoms with Gasteiger partial charge in [0.15, 0.2) is 0 Å². The molecule has 6 heteroatoms. The Morgan fingerprint density at radius 3 is 2.67 bits per heavy atom. The average Bonchev–Trinajstić information content (AvgIpc) is 2.38. The summed E-state index contributed by atoms with van der Waals surface area (Å²) in [5.41, 5.74) is 13.5. The van der Waals surface area contributed by atoms with Crippen LogP contribution in [0, 0.1) is 0 Å². The van der Waals surface area contributed by atoms with Crippen LogP contribution < -0.4 is 21.7 Å². The number of fused-ring (bicyclic) bond motifs is 1. The van der Waals surface area contributed by atoms with Gasteiger partial charge in [-0.3, -0.25) is 0 Å². The molecule has 0 radical (unpaired) electrons.